The van der Waals surface area contributed by atoms with Crippen molar-refractivity contribution in [3.05, 3.63) is 55.6 Å². The van der Waals surface area contributed by atoms with Crippen LogP contribution < -0.4 is 14.9 Å². The normalized spacial score (nSPS) is 12.8. The lowest BCUT2D eigenvalue weighted by atomic mass is 10.2. The first-order valence-corrected chi connectivity index (χ1v) is 10.0. The maximum atomic E-state index is 13.2. The molecule has 2 aromatic rings. The van der Waals surface area contributed by atoms with E-state index in [0.717, 1.165) is 9.13 Å². The summed E-state index contributed by atoms with van der Waals surface area (Å²) in [4.78, 5) is 0. The quantitative estimate of drug-likeness (QED) is 0.122. The molecule has 0 aliphatic rings. The van der Waals surface area contributed by atoms with Gasteiger partial charge in [-0.2, -0.15) is 35.8 Å². The van der Waals surface area contributed by atoms with E-state index in [1.54, 1.807) is 0 Å². The number of rotatable bonds is 8. The number of benzene rings is 2. The summed E-state index contributed by atoms with van der Waals surface area (Å²) < 4.78 is 101. The largest absolute Gasteiger partial charge is 0.493 e. The number of nitrogens with one attached hydrogen (secondary N) is 1. The molecule has 2 rings (SSSR count). The third-order valence-corrected chi connectivity index (χ3v) is 5.03. The minimum absolute atomic E-state index is 0.0592. The zero-order valence-corrected chi connectivity index (χ0v) is 19.2. The first-order chi connectivity index (χ1) is 14.3. The topological polar surface area (TPSA) is 42.8 Å². The highest BCUT2D eigenvalue weighted by Crippen LogP contribution is 2.45. The van der Waals surface area contributed by atoms with Gasteiger partial charge in [0, 0.05) is 3.57 Å². The fourth-order valence-electron chi connectivity index (χ4n) is 2.13. The van der Waals surface area contributed by atoms with Crippen LogP contribution in [-0.4, -0.2) is 31.5 Å². The predicted molar refractivity (Wildman–Crippen MR) is 111 cm³/mol. The number of hydrazone groups is 1. The van der Waals surface area contributed by atoms with Crippen molar-refractivity contribution in [2.24, 2.45) is 5.10 Å². The third kappa shape index (κ3) is 6.14. The summed E-state index contributed by atoms with van der Waals surface area (Å²) in [5, 5.41) is 2.82. The minimum Gasteiger partial charge on any atom is -0.493 e. The molecule has 13 heteroatoms. The summed E-state index contributed by atoms with van der Waals surface area (Å²) in [6, 6.07) is 4.43. The molecule has 0 spiro atoms. The number of hydrogen-bond donors (Lipinski definition) is 1. The van der Waals surface area contributed by atoms with Crippen LogP contribution in [0.2, 0.25) is 0 Å². The predicted octanol–water partition coefficient (Wildman–Crippen LogP) is 6.36. The van der Waals surface area contributed by atoms with E-state index in [1.807, 2.05) is 24.3 Å². The van der Waals surface area contributed by atoms with Gasteiger partial charge in [0.25, 0.3) is 0 Å². The van der Waals surface area contributed by atoms with Crippen LogP contribution >= 0.6 is 38.5 Å². The number of hydrogen-bond acceptors (Lipinski definition) is 4. The zero-order chi connectivity index (χ0) is 23.4. The van der Waals surface area contributed by atoms with Gasteiger partial charge in [0.1, 0.15) is 6.61 Å². The SMILES string of the molecule is COc1cc(/C=N/NC(F)(F)C(F)(F)C(F)(F)F)cc(Br)c1OCc1ccc(I)cc1. The van der Waals surface area contributed by atoms with Crippen molar-refractivity contribution < 1.29 is 40.2 Å². The lowest BCUT2D eigenvalue weighted by Crippen LogP contribution is -2.58. The molecule has 0 aliphatic carbocycles. The molecule has 4 nitrogen and oxygen atoms in total. The van der Waals surface area contributed by atoms with Crippen molar-refractivity contribution >= 4 is 44.7 Å². The van der Waals surface area contributed by atoms with Crippen LogP contribution in [0.5, 0.6) is 11.5 Å². The number of ether oxygens (including phenoxy) is 2. The van der Waals surface area contributed by atoms with Gasteiger partial charge < -0.3 is 9.47 Å². The van der Waals surface area contributed by atoms with Gasteiger partial charge in [0.15, 0.2) is 11.5 Å². The molecule has 0 aliphatic heterocycles. The van der Waals surface area contributed by atoms with E-state index in [2.05, 4.69) is 43.6 Å². The van der Waals surface area contributed by atoms with Crippen molar-refractivity contribution in [2.75, 3.05) is 7.11 Å². The fourth-order valence-corrected chi connectivity index (χ4v) is 3.06. The Balaban J connectivity index is 2.16. The van der Waals surface area contributed by atoms with Crippen molar-refractivity contribution in [3.8, 4) is 11.5 Å². The standard InChI is InChI=1S/C18H13BrF7IN2O2/c1-30-14-7-11(8-28-29-18(25,26)16(20,21)17(22,23)24)6-13(19)15(14)31-9-10-2-4-12(27)5-3-10/h2-8,29H,9H2,1H3/b28-8+. The van der Waals surface area contributed by atoms with Crippen LogP contribution in [0.4, 0.5) is 30.7 Å². The second-order valence-corrected chi connectivity index (χ2v) is 8.07. The minimum atomic E-state index is -6.46. The molecule has 1 N–H and O–H groups in total. The zero-order valence-electron chi connectivity index (χ0n) is 15.4. The Kier molecular flexibility index (Phi) is 8.05. The van der Waals surface area contributed by atoms with E-state index in [9.17, 15) is 30.7 Å². The van der Waals surface area contributed by atoms with Crippen LogP contribution in [0.3, 0.4) is 0 Å². The Bertz CT molecular complexity index is 938. The Morgan fingerprint density at radius 2 is 1.68 bits per heavy atom. The molecule has 0 amide bonds. The highest BCUT2D eigenvalue weighted by Gasteiger charge is 2.73. The maximum Gasteiger partial charge on any atom is 0.462 e. The van der Waals surface area contributed by atoms with Gasteiger partial charge >= 0.3 is 18.1 Å². The van der Waals surface area contributed by atoms with Gasteiger partial charge in [-0.25, -0.2) is 5.43 Å². The van der Waals surface area contributed by atoms with Crippen LogP contribution in [-0.2, 0) is 6.61 Å². The van der Waals surface area contributed by atoms with Crippen LogP contribution in [0.25, 0.3) is 0 Å². The number of nitrogens with zero attached hydrogens (tertiary/aromatic N) is 1. The number of halogens is 9. The molecule has 0 aromatic heterocycles. The number of methoxy groups -OCH3 is 1. The van der Waals surface area contributed by atoms with E-state index < -0.39 is 18.1 Å². The van der Waals surface area contributed by atoms with E-state index in [-0.39, 0.29) is 23.7 Å². The molecule has 0 saturated heterocycles. The Labute approximate surface area is 194 Å². The summed E-state index contributed by atoms with van der Waals surface area (Å²) in [7, 11) is 1.30. The van der Waals surface area contributed by atoms with Gasteiger partial charge in [-0.05, 0) is 73.9 Å². The fraction of sp³-hybridized carbons (Fsp3) is 0.278. The molecule has 0 radical (unpaired) electrons. The average Bonchev–Trinajstić information content (AvgIpc) is 2.67. The van der Waals surface area contributed by atoms with Crippen molar-refractivity contribution in [1.29, 1.82) is 0 Å². The molecule has 0 unspecified atom stereocenters. The van der Waals surface area contributed by atoms with E-state index >= 15 is 0 Å². The van der Waals surface area contributed by atoms with Crippen LogP contribution in [0.1, 0.15) is 11.1 Å². The summed E-state index contributed by atoms with van der Waals surface area (Å²) in [5.74, 6) is -5.91. The van der Waals surface area contributed by atoms with E-state index in [0.29, 0.717) is 16.1 Å². The first-order valence-electron chi connectivity index (χ1n) is 8.16. The molecule has 0 saturated carbocycles. The van der Waals surface area contributed by atoms with Crippen molar-refractivity contribution in [2.45, 2.75) is 24.8 Å². The van der Waals surface area contributed by atoms with Crippen LogP contribution in [0.15, 0.2) is 46.0 Å². The molecule has 170 valence electrons. The lowest BCUT2D eigenvalue weighted by molar-refractivity contribution is -0.361. The molecule has 0 atom stereocenters. The summed E-state index contributed by atoms with van der Waals surface area (Å²) in [6.07, 6.45) is -5.82. The Hall–Kier alpha value is -1.77. The van der Waals surface area contributed by atoms with Crippen molar-refractivity contribution in [3.63, 3.8) is 0 Å². The Morgan fingerprint density at radius 3 is 2.23 bits per heavy atom. The molecule has 31 heavy (non-hydrogen) atoms. The molecule has 0 fully saturated rings. The van der Waals surface area contributed by atoms with Gasteiger partial charge in [-0.3, -0.25) is 0 Å². The second-order valence-electron chi connectivity index (χ2n) is 5.97. The third-order valence-electron chi connectivity index (χ3n) is 3.72. The molecule has 2 aromatic carbocycles. The van der Waals surface area contributed by atoms with Crippen molar-refractivity contribution in [1.82, 2.24) is 5.43 Å². The average molecular weight is 629 g/mol. The lowest BCUT2D eigenvalue weighted by Gasteiger charge is -2.27. The molecule has 0 heterocycles. The molecular weight excluding hydrogens is 616 g/mol. The first kappa shape index (κ1) is 25.5. The maximum absolute atomic E-state index is 13.2. The Morgan fingerprint density at radius 1 is 1.06 bits per heavy atom. The van der Waals surface area contributed by atoms with Gasteiger partial charge in [-0.15, -0.1) is 0 Å². The van der Waals surface area contributed by atoms with Gasteiger partial charge in [0.2, 0.25) is 0 Å². The molecule has 0 bridgehead atoms. The summed E-state index contributed by atoms with van der Waals surface area (Å²) in [5.41, 5.74) is 1.47. The number of alkyl halides is 7. The van der Waals surface area contributed by atoms with Crippen LogP contribution in [0, 0.1) is 3.57 Å². The van der Waals surface area contributed by atoms with E-state index in [4.69, 9.17) is 9.47 Å². The summed E-state index contributed by atoms with van der Waals surface area (Å²) >= 11 is 5.36. The molecular formula is C18H13BrF7IN2O2. The summed E-state index contributed by atoms with van der Waals surface area (Å²) in [6.45, 7) is 0.180. The second kappa shape index (κ2) is 9.79. The van der Waals surface area contributed by atoms with Gasteiger partial charge in [0.05, 0.1) is 17.8 Å². The van der Waals surface area contributed by atoms with Gasteiger partial charge in [-0.1, -0.05) is 12.1 Å². The highest BCUT2D eigenvalue weighted by atomic mass is 127. The smallest absolute Gasteiger partial charge is 0.462 e. The van der Waals surface area contributed by atoms with E-state index in [1.165, 1.54) is 19.2 Å². The monoisotopic (exact) mass is 628 g/mol. The highest BCUT2D eigenvalue weighted by molar-refractivity contribution is 14.1.